The van der Waals surface area contributed by atoms with Gasteiger partial charge in [-0.1, -0.05) is 13.8 Å². The minimum absolute atomic E-state index is 0.176. The summed E-state index contributed by atoms with van der Waals surface area (Å²) in [5.74, 6) is -3.22. The van der Waals surface area contributed by atoms with Gasteiger partial charge in [0.05, 0.1) is 31.2 Å². The van der Waals surface area contributed by atoms with E-state index in [0.29, 0.717) is 31.6 Å². The monoisotopic (exact) mass is 355 g/mol. The number of carboxylic acids is 1. The Labute approximate surface area is 143 Å². The molecule has 0 aliphatic heterocycles. The molecule has 0 saturated heterocycles. The highest BCUT2D eigenvalue weighted by atomic mass is 32.2. The summed E-state index contributed by atoms with van der Waals surface area (Å²) in [4.78, 5) is 22.9. The largest absolute Gasteiger partial charge is 0.549 e. The molecule has 24 heavy (non-hydrogen) atoms. The van der Waals surface area contributed by atoms with Gasteiger partial charge >= 0.3 is 0 Å². The molecule has 0 bridgehead atoms. The van der Waals surface area contributed by atoms with Crippen molar-refractivity contribution in [3.05, 3.63) is 29.8 Å². The molecule has 1 atom stereocenters. The van der Waals surface area contributed by atoms with Crippen molar-refractivity contribution in [1.82, 2.24) is 3.89 Å². The molecule has 0 fully saturated rings. The van der Waals surface area contributed by atoms with Gasteiger partial charge in [-0.2, -0.15) is 12.3 Å². The van der Waals surface area contributed by atoms with Crippen molar-refractivity contribution in [2.24, 2.45) is 5.92 Å². The lowest BCUT2D eigenvalue weighted by Crippen LogP contribution is -2.54. The van der Waals surface area contributed by atoms with Gasteiger partial charge < -0.3 is 9.90 Å². The summed E-state index contributed by atoms with van der Waals surface area (Å²) in [6.45, 7) is 6.00. The number of hydrogen-bond donors (Lipinski definition) is 0. The number of carboxylic acid groups (broad SMARTS) is 1. The Morgan fingerprint density at radius 3 is 1.88 bits per heavy atom. The highest BCUT2D eigenvalue weighted by molar-refractivity contribution is 7.90. The van der Waals surface area contributed by atoms with E-state index >= 15 is 0 Å². The molecule has 0 heterocycles. The summed E-state index contributed by atoms with van der Waals surface area (Å²) < 4.78 is 24.8. The fraction of sp³-hybridized carbons (Fsp3) is 0.529. The van der Waals surface area contributed by atoms with Gasteiger partial charge in [0.15, 0.2) is 5.78 Å². The SMILES string of the molecule is CCC[N+](CCC)(c1ccc(C(=O)C(C)C(=O)[O-])cc1)S(C)(=O)=O. The van der Waals surface area contributed by atoms with Crippen LogP contribution in [0.1, 0.15) is 44.0 Å². The van der Waals surface area contributed by atoms with Crippen LogP contribution in [-0.2, 0) is 14.8 Å². The average Bonchev–Trinajstić information content (AvgIpc) is 2.52. The first-order chi connectivity index (χ1) is 11.1. The molecule has 7 heteroatoms. The van der Waals surface area contributed by atoms with Gasteiger partial charge in [-0.05, 0) is 31.9 Å². The van der Waals surface area contributed by atoms with Crippen LogP contribution in [0.25, 0.3) is 0 Å². The smallest absolute Gasteiger partial charge is 0.298 e. The van der Waals surface area contributed by atoms with E-state index in [1.807, 2.05) is 13.8 Å². The van der Waals surface area contributed by atoms with Gasteiger partial charge in [0.25, 0.3) is 10.0 Å². The molecule has 0 spiro atoms. The normalized spacial score (nSPS) is 13.5. The maximum atomic E-state index is 12.5. The summed E-state index contributed by atoms with van der Waals surface area (Å²) in [7, 11) is -3.42. The minimum atomic E-state index is -3.42. The number of quaternary nitrogens is 1. The van der Waals surface area contributed by atoms with Gasteiger partial charge in [-0.25, -0.2) is 0 Å². The standard InChI is InChI=1S/C17H25NO5S/c1-5-11-18(12-6-2,24(4,22)23)15-9-7-14(8-10-15)16(19)13(3)17(20)21/h7-10,13H,5-6,11-12H2,1-4H3. The van der Waals surface area contributed by atoms with E-state index in [1.165, 1.54) is 25.3 Å². The predicted molar refractivity (Wildman–Crippen MR) is 91.9 cm³/mol. The first kappa shape index (κ1) is 20.3. The molecule has 134 valence electrons. The van der Waals surface area contributed by atoms with Crippen molar-refractivity contribution < 1.29 is 23.1 Å². The summed E-state index contributed by atoms with van der Waals surface area (Å²) in [5.41, 5.74) is 0.814. The van der Waals surface area contributed by atoms with E-state index < -0.39 is 27.7 Å². The number of benzene rings is 1. The van der Waals surface area contributed by atoms with Gasteiger partial charge in [0, 0.05) is 17.7 Å². The fourth-order valence-electron chi connectivity index (χ4n) is 2.87. The van der Waals surface area contributed by atoms with Crippen molar-refractivity contribution in [1.29, 1.82) is 0 Å². The van der Waals surface area contributed by atoms with E-state index in [9.17, 15) is 23.1 Å². The highest BCUT2D eigenvalue weighted by Gasteiger charge is 2.39. The van der Waals surface area contributed by atoms with Crippen LogP contribution in [0.3, 0.4) is 0 Å². The summed E-state index contributed by atoms with van der Waals surface area (Å²) in [5, 5.41) is 10.8. The number of aliphatic carboxylic acids is 1. The third-order valence-corrected chi connectivity index (χ3v) is 6.02. The van der Waals surface area contributed by atoms with Crippen LogP contribution < -0.4 is 8.99 Å². The van der Waals surface area contributed by atoms with Gasteiger partial charge in [0.1, 0.15) is 5.69 Å². The topological polar surface area (TPSA) is 91.3 Å². The third kappa shape index (κ3) is 4.02. The quantitative estimate of drug-likeness (QED) is 0.379. The summed E-state index contributed by atoms with van der Waals surface area (Å²) >= 11 is 0. The average molecular weight is 355 g/mol. The molecule has 1 rings (SSSR count). The van der Waals surface area contributed by atoms with Crippen LogP contribution in [0.4, 0.5) is 5.69 Å². The molecule has 0 aliphatic rings. The van der Waals surface area contributed by atoms with Gasteiger partial charge in [-0.15, -0.1) is 0 Å². The number of sulfonamides is 1. The third-order valence-electron chi connectivity index (χ3n) is 4.17. The lowest BCUT2D eigenvalue weighted by molar-refractivity contribution is -0.308. The highest BCUT2D eigenvalue weighted by Crippen LogP contribution is 2.29. The molecule has 1 unspecified atom stereocenters. The first-order valence-electron chi connectivity index (χ1n) is 8.03. The van der Waals surface area contributed by atoms with Crippen LogP contribution in [0.15, 0.2) is 24.3 Å². The molecule has 0 N–H and O–H groups in total. The van der Waals surface area contributed by atoms with E-state index in [0.717, 1.165) is 0 Å². The van der Waals surface area contributed by atoms with Crippen molar-refractivity contribution in [3.8, 4) is 0 Å². The molecule has 0 radical (unpaired) electrons. The Hall–Kier alpha value is -1.73. The molecule has 6 nitrogen and oxygen atoms in total. The molecular weight excluding hydrogens is 330 g/mol. The van der Waals surface area contributed by atoms with Crippen molar-refractivity contribution in [2.75, 3.05) is 19.3 Å². The maximum absolute atomic E-state index is 12.5. The maximum Gasteiger partial charge on any atom is 0.298 e. The molecule has 0 aromatic heterocycles. The Morgan fingerprint density at radius 1 is 1.08 bits per heavy atom. The molecule has 0 aliphatic carbocycles. The number of Topliss-reactive ketones (excluding diaryl/α,β-unsaturated/α-hetero) is 1. The zero-order chi connectivity index (χ0) is 18.5. The summed E-state index contributed by atoms with van der Waals surface area (Å²) in [6.07, 6.45) is 2.60. The van der Waals surface area contributed by atoms with Gasteiger partial charge in [0.2, 0.25) is 0 Å². The van der Waals surface area contributed by atoms with Crippen LogP contribution in [0.5, 0.6) is 0 Å². The Balaban J connectivity index is 3.33. The molecule has 1 aromatic rings. The number of rotatable bonds is 9. The van der Waals surface area contributed by atoms with Crippen molar-refractivity contribution >= 4 is 27.5 Å². The first-order valence-corrected chi connectivity index (χ1v) is 9.88. The second kappa shape index (κ2) is 7.90. The predicted octanol–water partition coefficient (Wildman–Crippen LogP) is 1.34. The number of carbonyl (C=O) groups excluding carboxylic acids is 2. The Bertz CT molecular complexity index is 688. The van der Waals surface area contributed by atoms with E-state index in [2.05, 4.69) is 0 Å². The number of hydrogen-bond acceptors (Lipinski definition) is 5. The van der Waals surface area contributed by atoms with Crippen molar-refractivity contribution in [2.45, 2.75) is 33.6 Å². The van der Waals surface area contributed by atoms with E-state index in [4.69, 9.17) is 0 Å². The zero-order valence-electron chi connectivity index (χ0n) is 14.6. The molecule has 0 amide bonds. The molecule has 1 aromatic carbocycles. The molecule has 0 saturated carbocycles. The van der Waals surface area contributed by atoms with E-state index in [1.54, 1.807) is 12.1 Å². The van der Waals surface area contributed by atoms with Crippen LogP contribution in [0, 0.1) is 5.92 Å². The van der Waals surface area contributed by atoms with Crippen LogP contribution in [0.2, 0.25) is 0 Å². The summed E-state index contributed by atoms with van der Waals surface area (Å²) in [6, 6.07) is 6.17. The Kier molecular flexibility index (Phi) is 6.68. The van der Waals surface area contributed by atoms with Crippen LogP contribution in [-0.4, -0.2) is 39.5 Å². The van der Waals surface area contributed by atoms with E-state index in [-0.39, 0.29) is 9.45 Å². The Morgan fingerprint density at radius 2 is 1.54 bits per heavy atom. The second-order valence-corrected chi connectivity index (χ2v) is 8.19. The number of carbonyl (C=O) groups is 2. The minimum Gasteiger partial charge on any atom is -0.549 e. The number of ketones is 1. The lowest BCUT2D eigenvalue weighted by Gasteiger charge is -2.35. The van der Waals surface area contributed by atoms with Crippen molar-refractivity contribution in [3.63, 3.8) is 0 Å². The molecular formula is C17H25NO5S. The number of nitrogens with zero attached hydrogens (tertiary/aromatic N) is 1. The fourth-order valence-corrected chi connectivity index (χ4v) is 4.40. The van der Waals surface area contributed by atoms with Gasteiger partial charge in [-0.3, -0.25) is 4.79 Å². The lowest BCUT2D eigenvalue weighted by atomic mass is 9.99. The second-order valence-electron chi connectivity index (χ2n) is 6.02. The van der Waals surface area contributed by atoms with Crippen LogP contribution >= 0.6 is 0 Å². The zero-order valence-corrected chi connectivity index (χ0v) is 15.4.